The van der Waals surface area contributed by atoms with Gasteiger partial charge in [0, 0.05) is 18.2 Å². The fourth-order valence-electron chi connectivity index (χ4n) is 3.19. The van der Waals surface area contributed by atoms with E-state index in [1.165, 1.54) is 37.7 Å². The lowest BCUT2D eigenvalue weighted by Crippen LogP contribution is -2.34. The number of benzene rings is 1. The van der Waals surface area contributed by atoms with E-state index in [1.807, 2.05) is 12.1 Å². The number of rotatable bonds is 5. The predicted molar refractivity (Wildman–Crippen MR) is 89.8 cm³/mol. The Labute approximate surface area is 128 Å². The quantitative estimate of drug-likeness (QED) is 0.838. The third kappa shape index (κ3) is 4.03. The lowest BCUT2D eigenvalue weighted by atomic mass is 9.84. The second-order valence-electron chi connectivity index (χ2n) is 6.06. The third-order valence-electron chi connectivity index (χ3n) is 4.69. The SMILES string of the molecule is CCC1CCC(N(C)Cc2ccc(C(N)=S)cc2)CC1. The Morgan fingerprint density at radius 2 is 1.80 bits per heavy atom. The van der Waals surface area contributed by atoms with Gasteiger partial charge in [0.25, 0.3) is 0 Å². The summed E-state index contributed by atoms with van der Waals surface area (Å²) in [6.07, 6.45) is 6.83. The van der Waals surface area contributed by atoms with Gasteiger partial charge in [-0.15, -0.1) is 0 Å². The summed E-state index contributed by atoms with van der Waals surface area (Å²) in [7, 11) is 2.25. The molecule has 0 atom stereocenters. The number of nitrogens with zero attached hydrogens (tertiary/aromatic N) is 1. The minimum Gasteiger partial charge on any atom is -0.389 e. The fourth-order valence-corrected chi connectivity index (χ4v) is 3.32. The normalized spacial score (nSPS) is 22.9. The minimum atomic E-state index is 0.475. The smallest absolute Gasteiger partial charge is 0.103 e. The van der Waals surface area contributed by atoms with Gasteiger partial charge in [0.15, 0.2) is 0 Å². The topological polar surface area (TPSA) is 29.3 Å². The molecule has 3 heteroatoms. The summed E-state index contributed by atoms with van der Waals surface area (Å²) in [5.74, 6) is 0.963. The molecule has 0 radical (unpaired) electrons. The first-order valence-corrected chi connectivity index (χ1v) is 8.10. The van der Waals surface area contributed by atoms with Crippen LogP contribution < -0.4 is 5.73 Å². The van der Waals surface area contributed by atoms with Crippen LogP contribution in [0.25, 0.3) is 0 Å². The van der Waals surface area contributed by atoms with Gasteiger partial charge in [0.05, 0.1) is 0 Å². The molecule has 0 aromatic heterocycles. The number of hydrogen-bond acceptors (Lipinski definition) is 2. The molecule has 1 aromatic rings. The summed E-state index contributed by atoms with van der Waals surface area (Å²) in [6, 6.07) is 9.08. The molecule has 0 spiro atoms. The molecule has 0 heterocycles. The van der Waals surface area contributed by atoms with Crippen LogP contribution in [-0.2, 0) is 6.54 Å². The van der Waals surface area contributed by atoms with Crippen molar-refractivity contribution in [3.05, 3.63) is 35.4 Å². The molecule has 2 rings (SSSR count). The lowest BCUT2D eigenvalue weighted by Gasteiger charge is -2.34. The molecule has 1 saturated carbocycles. The Hall–Kier alpha value is -0.930. The molecule has 2 N–H and O–H groups in total. The van der Waals surface area contributed by atoms with Crippen molar-refractivity contribution >= 4 is 17.2 Å². The van der Waals surface area contributed by atoms with Crippen molar-refractivity contribution in [2.24, 2.45) is 11.7 Å². The van der Waals surface area contributed by atoms with Gasteiger partial charge in [-0.05, 0) is 44.2 Å². The Morgan fingerprint density at radius 1 is 1.20 bits per heavy atom. The molecule has 1 aliphatic rings. The van der Waals surface area contributed by atoms with E-state index in [9.17, 15) is 0 Å². The number of thiocarbonyl (C=S) groups is 1. The van der Waals surface area contributed by atoms with Gasteiger partial charge in [0.1, 0.15) is 4.99 Å². The second kappa shape index (κ2) is 7.19. The van der Waals surface area contributed by atoms with Crippen LogP contribution in [0.15, 0.2) is 24.3 Å². The van der Waals surface area contributed by atoms with Gasteiger partial charge >= 0.3 is 0 Å². The average Bonchev–Trinajstić information content (AvgIpc) is 2.48. The van der Waals surface area contributed by atoms with Crippen molar-refractivity contribution in [3.8, 4) is 0 Å². The fraction of sp³-hybridized carbons (Fsp3) is 0.588. The zero-order valence-corrected chi connectivity index (χ0v) is 13.5. The summed E-state index contributed by atoms with van der Waals surface area (Å²) in [5.41, 5.74) is 7.92. The van der Waals surface area contributed by atoms with Crippen LogP contribution in [-0.4, -0.2) is 23.0 Å². The third-order valence-corrected chi connectivity index (χ3v) is 4.92. The Bertz CT molecular complexity index is 433. The van der Waals surface area contributed by atoms with Crippen LogP contribution >= 0.6 is 12.2 Å². The Morgan fingerprint density at radius 3 is 2.30 bits per heavy atom. The van der Waals surface area contributed by atoms with Crippen molar-refractivity contribution in [1.29, 1.82) is 0 Å². The largest absolute Gasteiger partial charge is 0.389 e. The maximum Gasteiger partial charge on any atom is 0.103 e. The van der Waals surface area contributed by atoms with Crippen molar-refractivity contribution in [1.82, 2.24) is 4.90 Å². The first kappa shape index (κ1) is 15.5. The van der Waals surface area contributed by atoms with E-state index >= 15 is 0 Å². The molecule has 110 valence electrons. The zero-order chi connectivity index (χ0) is 14.5. The maximum absolute atomic E-state index is 5.63. The zero-order valence-electron chi connectivity index (χ0n) is 12.6. The summed E-state index contributed by atoms with van der Waals surface area (Å²) in [4.78, 5) is 2.98. The number of nitrogens with two attached hydrogens (primary N) is 1. The van der Waals surface area contributed by atoms with Crippen molar-refractivity contribution in [3.63, 3.8) is 0 Å². The van der Waals surface area contributed by atoms with Crippen LogP contribution in [0.1, 0.15) is 50.2 Å². The van der Waals surface area contributed by atoms with Crippen LogP contribution in [0.4, 0.5) is 0 Å². The molecular formula is C17H26N2S. The molecule has 1 aliphatic carbocycles. The second-order valence-corrected chi connectivity index (χ2v) is 6.50. The average molecular weight is 290 g/mol. The molecule has 20 heavy (non-hydrogen) atoms. The van der Waals surface area contributed by atoms with Crippen molar-refractivity contribution in [2.45, 2.75) is 51.6 Å². The molecule has 0 bridgehead atoms. The molecule has 0 saturated heterocycles. The Kier molecular flexibility index (Phi) is 5.55. The monoisotopic (exact) mass is 290 g/mol. The molecule has 0 unspecified atom stereocenters. The van der Waals surface area contributed by atoms with Crippen molar-refractivity contribution < 1.29 is 0 Å². The van der Waals surface area contributed by atoms with Gasteiger partial charge in [-0.1, -0.05) is 49.8 Å². The van der Waals surface area contributed by atoms with Crippen molar-refractivity contribution in [2.75, 3.05) is 7.05 Å². The molecule has 0 amide bonds. The standard InChI is InChI=1S/C17H26N2S/c1-3-13-6-10-16(11-7-13)19(2)12-14-4-8-15(9-5-14)17(18)20/h4-5,8-9,13,16H,3,6-7,10-12H2,1-2H3,(H2,18,20). The summed E-state index contributed by atoms with van der Waals surface area (Å²) in [6.45, 7) is 3.33. The van der Waals surface area contributed by atoms with Crippen LogP contribution in [0.3, 0.4) is 0 Å². The van der Waals surface area contributed by atoms with Gasteiger partial charge in [-0.2, -0.15) is 0 Å². The van der Waals surface area contributed by atoms with E-state index in [0.717, 1.165) is 24.1 Å². The predicted octanol–water partition coefficient (Wildman–Crippen LogP) is 3.72. The highest BCUT2D eigenvalue weighted by Crippen LogP contribution is 2.29. The minimum absolute atomic E-state index is 0.475. The summed E-state index contributed by atoms with van der Waals surface area (Å²) in [5, 5.41) is 0. The Balaban J connectivity index is 1.88. The van der Waals surface area contributed by atoms with E-state index in [1.54, 1.807) is 0 Å². The number of hydrogen-bond donors (Lipinski definition) is 1. The molecule has 0 aliphatic heterocycles. The lowest BCUT2D eigenvalue weighted by molar-refractivity contribution is 0.157. The molecule has 1 fully saturated rings. The summed E-state index contributed by atoms with van der Waals surface area (Å²) >= 11 is 4.99. The van der Waals surface area contributed by atoms with Crippen LogP contribution in [0.5, 0.6) is 0 Å². The van der Waals surface area contributed by atoms with Gasteiger partial charge in [-0.3, -0.25) is 4.90 Å². The van der Waals surface area contributed by atoms with E-state index in [2.05, 4.69) is 31.0 Å². The van der Waals surface area contributed by atoms with Crippen LogP contribution in [0, 0.1) is 5.92 Å². The first-order valence-electron chi connectivity index (χ1n) is 7.69. The van der Waals surface area contributed by atoms with Crippen LogP contribution in [0.2, 0.25) is 0 Å². The van der Waals surface area contributed by atoms with Gasteiger partial charge in [-0.25, -0.2) is 0 Å². The van der Waals surface area contributed by atoms with Gasteiger partial charge in [0.2, 0.25) is 0 Å². The molecule has 1 aromatic carbocycles. The van der Waals surface area contributed by atoms with Gasteiger partial charge < -0.3 is 5.73 Å². The highest BCUT2D eigenvalue weighted by Gasteiger charge is 2.22. The van der Waals surface area contributed by atoms with E-state index in [0.29, 0.717) is 4.99 Å². The summed E-state index contributed by atoms with van der Waals surface area (Å²) < 4.78 is 0. The maximum atomic E-state index is 5.63. The highest BCUT2D eigenvalue weighted by atomic mass is 32.1. The molecular weight excluding hydrogens is 264 g/mol. The molecule has 2 nitrogen and oxygen atoms in total. The first-order chi connectivity index (χ1) is 9.60. The van der Waals surface area contributed by atoms with E-state index in [4.69, 9.17) is 18.0 Å². The van der Waals surface area contributed by atoms with E-state index < -0.39 is 0 Å². The highest BCUT2D eigenvalue weighted by molar-refractivity contribution is 7.80. The van der Waals surface area contributed by atoms with E-state index in [-0.39, 0.29) is 0 Å².